The minimum Gasteiger partial charge on any atom is -0.480 e. The number of aliphatic hydroxyl groups excluding tert-OH is 1. The number of carbonyl (C=O) groups is 4. The number of aliphatic carboxylic acids is 1. The Morgan fingerprint density at radius 2 is 1.78 bits per heavy atom. The van der Waals surface area contributed by atoms with Crippen LogP contribution in [0.15, 0.2) is 30.5 Å². The molecule has 2 rings (SSSR count). The van der Waals surface area contributed by atoms with Crippen LogP contribution in [0.2, 0.25) is 0 Å². The van der Waals surface area contributed by atoms with Crippen molar-refractivity contribution >= 4 is 47.2 Å². The van der Waals surface area contributed by atoms with Gasteiger partial charge in [-0.1, -0.05) is 18.2 Å². The third-order valence-electron chi connectivity index (χ3n) is 4.80. The van der Waals surface area contributed by atoms with Crippen molar-refractivity contribution in [2.45, 2.75) is 37.6 Å². The number of carboxylic acids is 1. The molecule has 32 heavy (non-hydrogen) atoms. The Hall–Kier alpha value is -3.09. The molecule has 174 valence electrons. The van der Waals surface area contributed by atoms with Gasteiger partial charge in [0.1, 0.15) is 18.1 Å². The first kappa shape index (κ1) is 25.2. The second-order valence-corrected chi connectivity index (χ2v) is 7.56. The summed E-state index contributed by atoms with van der Waals surface area (Å²) in [5.41, 5.74) is 6.96. The van der Waals surface area contributed by atoms with Crippen LogP contribution >= 0.6 is 12.6 Å². The number of rotatable bonds is 11. The number of hydrogen-bond donors (Lipinski definition) is 8. The summed E-state index contributed by atoms with van der Waals surface area (Å²) < 4.78 is 0. The number of benzene rings is 1. The number of nitrogens with two attached hydrogens (primary N) is 1. The van der Waals surface area contributed by atoms with Gasteiger partial charge in [-0.15, -0.1) is 0 Å². The van der Waals surface area contributed by atoms with Gasteiger partial charge in [0.05, 0.1) is 12.6 Å². The maximum atomic E-state index is 13.0. The molecule has 0 aliphatic carbocycles. The van der Waals surface area contributed by atoms with Crippen LogP contribution in [0.4, 0.5) is 0 Å². The summed E-state index contributed by atoms with van der Waals surface area (Å²) in [5, 5.41) is 27.1. The molecular formula is C20H27N5O6S. The number of H-pyrrole nitrogens is 1. The molecule has 0 saturated carbocycles. The van der Waals surface area contributed by atoms with Gasteiger partial charge in [0.2, 0.25) is 17.7 Å². The zero-order chi connectivity index (χ0) is 23.8. The van der Waals surface area contributed by atoms with Crippen LogP contribution < -0.4 is 21.7 Å². The second kappa shape index (κ2) is 11.5. The van der Waals surface area contributed by atoms with E-state index in [0.29, 0.717) is 0 Å². The fraction of sp³-hybridized carbons (Fsp3) is 0.400. The van der Waals surface area contributed by atoms with Crippen molar-refractivity contribution in [3.63, 3.8) is 0 Å². The van der Waals surface area contributed by atoms with Crippen molar-refractivity contribution in [1.29, 1.82) is 0 Å². The van der Waals surface area contributed by atoms with Crippen LogP contribution in [0.1, 0.15) is 12.5 Å². The molecule has 4 unspecified atom stereocenters. The molecule has 0 aliphatic rings. The zero-order valence-corrected chi connectivity index (χ0v) is 18.3. The quantitative estimate of drug-likeness (QED) is 0.186. The first-order chi connectivity index (χ1) is 15.2. The lowest BCUT2D eigenvalue weighted by atomic mass is 10.0. The molecule has 0 bridgehead atoms. The summed E-state index contributed by atoms with van der Waals surface area (Å²) in [7, 11) is 0. The number of fused-ring (bicyclic) bond motifs is 1. The van der Waals surface area contributed by atoms with E-state index in [0.717, 1.165) is 16.5 Å². The second-order valence-electron chi connectivity index (χ2n) is 7.20. The molecule has 11 nitrogen and oxygen atoms in total. The summed E-state index contributed by atoms with van der Waals surface area (Å²) in [6.07, 6.45) is 0.458. The number of para-hydroxylation sites is 1. The van der Waals surface area contributed by atoms with Crippen molar-refractivity contribution in [3.05, 3.63) is 36.0 Å². The van der Waals surface area contributed by atoms with Crippen molar-refractivity contribution in [2.75, 3.05) is 12.3 Å². The van der Waals surface area contributed by atoms with Crippen LogP contribution in [0, 0.1) is 0 Å². The Balaban J connectivity index is 2.22. The molecule has 0 radical (unpaired) electrons. The van der Waals surface area contributed by atoms with Gasteiger partial charge < -0.3 is 36.9 Å². The summed E-state index contributed by atoms with van der Waals surface area (Å²) in [5.74, 6) is -3.71. The Labute approximate surface area is 189 Å². The summed E-state index contributed by atoms with van der Waals surface area (Å²) >= 11 is 3.87. The number of aromatic amines is 1. The van der Waals surface area contributed by atoms with E-state index in [2.05, 4.69) is 33.6 Å². The number of hydrogen-bond acceptors (Lipinski definition) is 7. The molecular weight excluding hydrogens is 438 g/mol. The number of aromatic nitrogens is 1. The molecule has 1 heterocycles. The first-order valence-electron chi connectivity index (χ1n) is 9.84. The normalized spacial score (nSPS) is 14.8. The van der Waals surface area contributed by atoms with E-state index >= 15 is 0 Å². The topological polar surface area (TPSA) is 187 Å². The maximum Gasteiger partial charge on any atom is 0.327 e. The smallest absolute Gasteiger partial charge is 0.327 e. The van der Waals surface area contributed by atoms with Gasteiger partial charge >= 0.3 is 5.97 Å². The van der Waals surface area contributed by atoms with E-state index < -0.39 is 47.9 Å². The highest BCUT2D eigenvalue weighted by molar-refractivity contribution is 7.80. The van der Waals surface area contributed by atoms with E-state index in [1.165, 1.54) is 6.92 Å². The fourth-order valence-corrected chi connectivity index (χ4v) is 3.34. The van der Waals surface area contributed by atoms with Gasteiger partial charge in [-0.05, 0) is 18.6 Å². The lowest BCUT2D eigenvalue weighted by Crippen LogP contribution is -2.59. The number of carboxylic acid groups (broad SMARTS) is 1. The fourth-order valence-electron chi connectivity index (χ4n) is 3.09. The van der Waals surface area contributed by atoms with Gasteiger partial charge in [0.25, 0.3) is 0 Å². The van der Waals surface area contributed by atoms with Crippen LogP contribution in [-0.2, 0) is 25.6 Å². The van der Waals surface area contributed by atoms with Crippen LogP contribution in [-0.4, -0.2) is 75.4 Å². The third-order valence-corrected chi connectivity index (χ3v) is 5.16. The summed E-state index contributed by atoms with van der Waals surface area (Å²) in [6, 6.07) is 3.55. The van der Waals surface area contributed by atoms with Gasteiger partial charge in [-0.25, -0.2) is 4.79 Å². The molecule has 0 aliphatic heterocycles. The number of aliphatic hydroxyl groups is 1. The predicted octanol–water partition coefficient (Wildman–Crippen LogP) is -1.48. The van der Waals surface area contributed by atoms with Gasteiger partial charge in [-0.3, -0.25) is 14.4 Å². The summed E-state index contributed by atoms with van der Waals surface area (Å²) in [6.45, 7) is 0.925. The van der Waals surface area contributed by atoms with Crippen LogP contribution in [0.25, 0.3) is 10.9 Å². The van der Waals surface area contributed by atoms with Gasteiger partial charge in [-0.2, -0.15) is 12.6 Å². The molecule has 4 atom stereocenters. The molecule has 1 aromatic heterocycles. The maximum absolute atomic E-state index is 13.0. The molecule has 3 amide bonds. The van der Waals surface area contributed by atoms with Gasteiger partial charge in [0, 0.05) is 29.3 Å². The first-order valence-corrected chi connectivity index (χ1v) is 10.5. The Morgan fingerprint density at radius 3 is 2.38 bits per heavy atom. The zero-order valence-electron chi connectivity index (χ0n) is 17.4. The molecule has 8 N–H and O–H groups in total. The minimum atomic E-state index is -1.45. The molecule has 2 aromatic rings. The third kappa shape index (κ3) is 6.45. The average molecular weight is 466 g/mol. The van der Waals surface area contributed by atoms with E-state index in [-0.39, 0.29) is 18.7 Å². The average Bonchev–Trinajstić information content (AvgIpc) is 3.17. The summed E-state index contributed by atoms with van der Waals surface area (Å²) in [4.78, 5) is 51.6. The minimum absolute atomic E-state index is 0.0874. The molecule has 1 aromatic carbocycles. The highest BCUT2D eigenvalue weighted by atomic mass is 32.1. The van der Waals surface area contributed by atoms with E-state index in [1.54, 1.807) is 6.20 Å². The van der Waals surface area contributed by atoms with E-state index in [1.807, 2.05) is 24.3 Å². The number of thiol groups is 1. The molecule has 0 fully saturated rings. The van der Waals surface area contributed by atoms with Gasteiger partial charge in [0.15, 0.2) is 0 Å². The molecule has 0 saturated heterocycles. The lowest BCUT2D eigenvalue weighted by molar-refractivity contribution is -0.142. The number of amides is 3. The highest BCUT2D eigenvalue weighted by Gasteiger charge is 2.32. The van der Waals surface area contributed by atoms with Crippen LogP contribution in [0.5, 0.6) is 0 Å². The Bertz CT molecular complexity index is 978. The number of carbonyl (C=O) groups excluding carboxylic acids is 3. The Morgan fingerprint density at radius 1 is 1.09 bits per heavy atom. The monoisotopic (exact) mass is 465 g/mol. The standard InChI is InChI=1S/C20H27N5O6S/c1-10(26)17(19(29)24-15(9-32)20(30)31)25-18(28)14(23-16(27)7-21)6-11-8-22-13-5-3-2-4-12(11)13/h2-5,8,10,14-15,17,22,26,32H,6-7,9,21H2,1H3,(H,23,27)(H,24,29)(H,25,28)(H,30,31). The van der Waals surface area contributed by atoms with Crippen molar-refractivity contribution in [2.24, 2.45) is 5.73 Å². The highest BCUT2D eigenvalue weighted by Crippen LogP contribution is 2.19. The largest absolute Gasteiger partial charge is 0.480 e. The Kier molecular flexibility index (Phi) is 9.05. The van der Waals surface area contributed by atoms with E-state index in [9.17, 15) is 24.3 Å². The lowest BCUT2D eigenvalue weighted by Gasteiger charge is -2.25. The number of nitrogens with one attached hydrogen (secondary N) is 4. The van der Waals surface area contributed by atoms with Crippen LogP contribution in [0.3, 0.4) is 0 Å². The molecule has 12 heteroatoms. The van der Waals surface area contributed by atoms with Crippen molar-refractivity contribution in [3.8, 4) is 0 Å². The predicted molar refractivity (Wildman–Crippen MR) is 120 cm³/mol. The SMILES string of the molecule is CC(O)C(NC(=O)C(Cc1c[nH]c2ccccc12)NC(=O)CN)C(=O)NC(CS)C(=O)O. The molecule has 0 spiro atoms. The van der Waals surface area contributed by atoms with Crippen molar-refractivity contribution < 1.29 is 29.4 Å². The van der Waals surface area contributed by atoms with E-state index in [4.69, 9.17) is 10.8 Å². The van der Waals surface area contributed by atoms with Crippen molar-refractivity contribution in [1.82, 2.24) is 20.9 Å².